The van der Waals surface area contributed by atoms with Crippen LogP contribution in [0.5, 0.6) is 0 Å². The molecule has 0 unspecified atom stereocenters. The molecule has 6 aromatic carbocycles. The van der Waals surface area contributed by atoms with Crippen LogP contribution in [-0.2, 0) is 6.42 Å². The van der Waals surface area contributed by atoms with E-state index in [2.05, 4.69) is 165 Å². The van der Waals surface area contributed by atoms with Crippen molar-refractivity contribution >= 4 is 33.8 Å². The van der Waals surface area contributed by atoms with Crippen LogP contribution in [0, 0.1) is 13.8 Å². The fourth-order valence-electron chi connectivity index (χ4n) is 8.08. The van der Waals surface area contributed by atoms with Gasteiger partial charge in [-0.3, -0.25) is 0 Å². The van der Waals surface area contributed by atoms with Crippen molar-refractivity contribution in [3.05, 3.63) is 168 Å². The maximum absolute atomic E-state index is 5.61. The molecule has 0 spiro atoms. The van der Waals surface area contributed by atoms with Gasteiger partial charge in [-0.05, 0) is 0 Å². The second-order valence-corrected chi connectivity index (χ2v) is 15.7. The van der Waals surface area contributed by atoms with E-state index in [1.165, 1.54) is 41.5 Å². The fourth-order valence-corrected chi connectivity index (χ4v) is 10.4. The third-order valence-corrected chi connectivity index (χ3v) is 13.0. The van der Waals surface area contributed by atoms with Crippen LogP contribution in [0.2, 0.25) is 0 Å². The van der Waals surface area contributed by atoms with Gasteiger partial charge in [0, 0.05) is 0 Å². The average molecular weight is 732 g/mol. The van der Waals surface area contributed by atoms with Gasteiger partial charge in [-0.1, -0.05) is 0 Å². The van der Waals surface area contributed by atoms with Crippen molar-refractivity contribution in [1.82, 2.24) is 20.4 Å². The summed E-state index contributed by atoms with van der Waals surface area (Å²) in [5.41, 5.74) is 17.3. The molecule has 0 radical (unpaired) electrons. The van der Waals surface area contributed by atoms with Crippen molar-refractivity contribution in [2.24, 2.45) is 0 Å². The average Bonchev–Trinajstić information content (AvgIpc) is 3.78. The molecule has 0 saturated carbocycles. The zero-order valence-electron chi connectivity index (χ0n) is 28.8. The van der Waals surface area contributed by atoms with Gasteiger partial charge in [-0.25, -0.2) is 0 Å². The van der Waals surface area contributed by atoms with Crippen LogP contribution < -0.4 is 0 Å². The molecule has 0 N–H and O–H groups in total. The van der Waals surface area contributed by atoms with E-state index >= 15 is 0 Å². The predicted octanol–water partition coefficient (Wildman–Crippen LogP) is 11.2. The monoisotopic (exact) mass is 732 g/mol. The first-order valence-electron chi connectivity index (χ1n) is 17.6. The summed E-state index contributed by atoms with van der Waals surface area (Å²) >= 11 is 0.170. The molecular weight excluding hydrogens is 700 g/mol. The summed E-state index contributed by atoms with van der Waals surface area (Å²) in [7, 11) is 0. The topological polar surface area (TPSA) is 51.6 Å². The van der Waals surface area contributed by atoms with Crippen LogP contribution in [0.15, 0.2) is 146 Å². The van der Waals surface area contributed by atoms with E-state index in [9.17, 15) is 0 Å². The second-order valence-electron chi connectivity index (χ2n) is 13.5. The summed E-state index contributed by atoms with van der Waals surface area (Å²) in [6.45, 7) is 4.46. The first kappa shape index (κ1) is 30.8. The molecule has 3 heterocycles. The Balaban J connectivity index is 1.36. The van der Waals surface area contributed by atoms with Gasteiger partial charge < -0.3 is 0 Å². The summed E-state index contributed by atoms with van der Waals surface area (Å²) in [6.07, 6.45) is 0.794. The maximum atomic E-state index is 5.61. The zero-order chi connectivity index (χ0) is 34.8. The minimum atomic E-state index is 0.170. The van der Waals surface area contributed by atoms with Gasteiger partial charge in [-0.15, -0.1) is 0 Å². The van der Waals surface area contributed by atoms with Crippen molar-refractivity contribution in [1.29, 1.82) is 0 Å². The zero-order valence-corrected chi connectivity index (χ0v) is 30.5. The van der Waals surface area contributed by atoms with E-state index in [0.717, 1.165) is 73.7 Å². The molecule has 3 aromatic heterocycles. The Morgan fingerprint density at radius 1 is 0.462 bits per heavy atom. The molecule has 10 rings (SSSR count). The number of hydrogen-bond donors (Lipinski definition) is 0. The minimum absolute atomic E-state index is 0.170. The molecular formula is C47H32N4Se. The quantitative estimate of drug-likeness (QED) is 0.165. The summed E-state index contributed by atoms with van der Waals surface area (Å²) in [6, 6.07) is 51.9. The van der Waals surface area contributed by atoms with Crippen LogP contribution in [0.4, 0.5) is 0 Å². The van der Waals surface area contributed by atoms with E-state index < -0.39 is 0 Å². The summed E-state index contributed by atoms with van der Waals surface area (Å²) in [5.74, 6) is 0. The number of fused-ring (bicyclic) bond motifs is 6. The van der Waals surface area contributed by atoms with Crippen molar-refractivity contribution < 1.29 is 0 Å². The van der Waals surface area contributed by atoms with Gasteiger partial charge in [0.05, 0.1) is 0 Å². The Morgan fingerprint density at radius 3 is 1.88 bits per heavy atom. The van der Waals surface area contributed by atoms with Crippen LogP contribution >= 0.6 is 0 Å². The molecule has 0 fully saturated rings. The van der Waals surface area contributed by atoms with Crippen LogP contribution in [0.25, 0.3) is 86.4 Å². The number of benzene rings is 6. The van der Waals surface area contributed by atoms with E-state index in [1.54, 1.807) is 0 Å². The van der Waals surface area contributed by atoms with Crippen molar-refractivity contribution in [3.63, 3.8) is 0 Å². The molecule has 246 valence electrons. The van der Waals surface area contributed by atoms with Crippen LogP contribution in [-0.4, -0.2) is 34.9 Å². The van der Waals surface area contributed by atoms with Gasteiger partial charge in [0.25, 0.3) is 0 Å². The van der Waals surface area contributed by atoms with Crippen LogP contribution in [0.3, 0.4) is 0 Å². The Kier molecular flexibility index (Phi) is 7.31. The number of hydrogen-bond acceptors (Lipinski definition) is 4. The predicted molar refractivity (Wildman–Crippen MR) is 214 cm³/mol. The molecule has 52 heavy (non-hydrogen) atoms. The fraction of sp³-hybridized carbons (Fsp3) is 0.0638. The number of nitrogens with zero attached hydrogens (tertiary/aromatic N) is 4. The Labute approximate surface area is 308 Å². The molecule has 0 amide bonds. The molecule has 1 aliphatic rings. The summed E-state index contributed by atoms with van der Waals surface area (Å²) < 4.78 is 2.74. The first-order chi connectivity index (χ1) is 25.7. The van der Waals surface area contributed by atoms with E-state index in [1.807, 2.05) is 0 Å². The van der Waals surface area contributed by atoms with Crippen LogP contribution in [0.1, 0.15) is 22.4 Å². The second kappa shape index (κ2) is 12.3. The molecule has 5 heteroatoms. The van der Waals surface area contributed by atoms with Crippen molar-refractivity contribution in [2.45, 2.75) is 20.3 Å². The molecule has 1 aliphatic carbocycles. The Morgan fingerprint density at radius 2 is 1.10 bits per heavy atom. The van der Waals surface area contributed by atoms with Crippen molar-refractivity contribution in [2.75, 3.05) is 0 Å². The number of pyridine rings is 1. The summed E-state index contributed by atoms with van der Waals surface area (Å²) in [4.78, 5) is 5.61. The Hall–Kier alpha value is -6.00. The molecule has 0 aliphatic heterocycles. The third kappa shape index (κ3) is 4.81. The first-order valence-corrected chi connectivity index (χ1v) is 19.3. The van der Waals surface area contributed by atoms with Gasteiger partial charge in [0.2, 0.25) is 0 Å². The number of aromatic nitrogens is 4. The number of rotatable bonds is 5. The standard InChI is InChI=1S/C47H32N4Se/c1-28-29(2)45(48-38-27-32-19-9-10-21-34(32)41(28)38)44-46(36-22-12-11-20-33(36)30-15-5-3-6-16-30)49-51-50-47(44)43-35(31-17-7-4-8-18-31)25-26-40-42(43)37-23-13-14-24-39(37)52-40/h3-26H,27H2,1-2H3. The van der Waals surface area contributed by atoms with Crippen molar-refractivity contribution in [3.8, 4) is 67.2 Å². The molecule has 0 bridgehead atoms. The Bertz CT molecular complexity index is 2840. The molecule has 0 atom stereocenters. The molecule has 0 saturated heterocycles. The third-order valence-electron chi connectivity index (χ3n) is 10.6. The van der Waals surface area contributed by atoms with Gasteiger partial charge in [0.1, 0.15) is 0 Å². The van der Waals surface area contributed by atoms with Gasteiger partial charge in [-0.2, -0.15) is 0 Å². The molecule has 9 aromatic rings. The van der Waals surface area contributed by atoms with E-state index in [0.29, 0.717) is 0 Å². The molecule has 4 nitrogen and oxygen atoms in total. The van der Waals surface area contributed by atoms with Gasteiger partial charge >= 0.3 is 310 Å². The van der Waals surface area contributed by atoms with E-state index in [-0.39, 0.29) is 14.5 Å². The SMILES string of the molecule is Cc1c(-c2c(-c3ccccc3-c3ccccc3)nnnc2-c2c(-c3ccccc3)ccc3[se]c4ccccc4c23)nc2c(c1C)-c1ccccc1C2. The normalized spacial score (nSPS) is 12.0. The summed E-state index contributed by atoms with van der Waals surface area (Å²) in [5, 5.41) is 17.1. The van der Waals surface area contributed by atoms with E-state index in [4.69, 9.17) is 15.2 Å². The van der Waals surface area contributed by atoms with Gasteiger partial charge in [0.15, 0.2) is 0 Å².